The molecule has 1 aromatic rings. The second-order valence-electron chi connectivity index (χ2n) is 3.12. The summed E-state index contributed by atoms with van der Waals surface area (Å²) in [7, 11) is 0. The molecule has 0 bridgehead atoms. The van der Waals surface area contributed by atoms with Gasteiger partial charge >= 0.3 is 0 Å². The van der Waals surface area contributed by atoms with Gasteiger partial charge in [-0.25, -0.2) is 8.78 Å². The SMILES string of the molecule is Cc1ccccc1OCC(C)(F)F. The Morgan fingerprint density at radius 3 is 2.46 bits per heavy atom. The highest BCUT2D eigenvalue weighted by Crippen LogP contribution is 2.19. The topological polar surface area (TPSA) is 9.23 Å². The van der Waals surface area contributed by atoms with E-state index in [2.05, 4.69) is 0 Å². The van der Waals surface area contributed by atoms with Crippen LogP contribution >= 0.6 is 0 Å². The van der Waals surface area contributed by atoms with Crippen LogP contribution in [0.2, 0.25) is 0 Å². The first kappa shape index (κ1) is 9.96. The number of rotatable bonds is 3. The molecule has 0 unspecified atom stereocenters. The number of benzene rings is 1. The minimum atomic E-state index is -2.78. The van der Waals surface area contributed by atoms with E-state index in [1.54, 1.807) is 12.1 Å². The molecule has 0 aliphatic carbocycles. The van der Waals surface area contributed by atoms with Crippen molar-refractivity contribution in [3.05, 3.63) is 29.8 Å². The Morgan fingerprint density at radius 1 is 1.31 bits per heavy atom. The average Bonchev–Trinajstić information content (AvgIpc) is 2.01. The van der Waals surface area contributed by atoms with Crippen LogP contribution in [0, 0.1) is 6.92 Å². The predicted molar refractivity (Wildman–Crippen MR) is 47.3 cm³/mol. The van der Waals surface area contributed by atoms with Gasteiger partial charge in [0.2, 0.25) is 0 Å². The van der Waals surface area contributed by atoms with Gasteiger partial charge in [0.1, 0.15) is 5.75 Å². The number of aryl methyl sites for hydroxylation is 1. The van der Waals surface area contributed by atoms with Gasteiger partial charge in [-0.2, -0.15) is 0 Å². The molecule has 72 valence electrons. The number of ether oxygens (including phenoxy) is 1. The molecule has 0 aromatic heterocycles. The molecule has 0 saturated heterocycles. The Hall–Kier alpha value is -1.12. The Morgan fingerprint density at radius 2 is 1.92 bits per heavy atom. The van der Waals surface area contributed by atoms with E-state index in [1.165, 1.54) is 0 Å². The van der Waals surface area contributed by atoms with Gasteiger partial charge in [-0.1, -0.05) is 18.2 Å². The minimum Gasteiger partial charge on any atom is -0.487 e. The van der Waals surface area contributed by atoms with E-state index >= 15 is 0 Å². The van der Waals surface area contributed by atoms with Crippen LogP contribution in [0.5, 0.6) is 5.75 Å². The number of hydrogen-bond donors (Lipinski definition) is 0. The highest BCUT2D eigenvalue weighted by molar-refractivity contribution is 5.31. The van der Waals surface area contributed by atoms with Crippen molar-refractivity contribution in [2.75, 3.05) is 6.61 Å². The maximum absolute atomic E-state index is 12.4. The summed E-state index contributed by atoms with van der Waals surface area (Å²) in [5.41, 5.74) is 0.867. The lowest BCUT2D eigenvalue weighted by molar-refractivity contribution is -0.0231. The van der Waals surface area contributed by atoms with Crippen LogP contribution in [0.25, 0.3) is 0 Å². The lowest BCUT2D eigenvalue weighted by atomic mass is 10.2. The molecule has 0 radical (unpaired) electrons. The number of halogens is 2. The van der Waals surface area contributed by atoms with Gasteiger partial charge in [0.05, 0.1) is 0 Å². The summed E-state index contributed by atoms with van der Waals surface area (Å²) in [4.78, 5) is 0. The van der Waals surface area contributed by atoms with Crippen LogP contribution in [0.15, 0.2) is 24.3 Å². The lowest BCUT2D eigenvalue weighted by Crippen LogP contribution is -2.21. The Kier molecular flexibility index (Phi) is 2.86. The third-order valence-electron chi connectivity index (χ3n) is 1.57. The van der Waals surface area contributed by atoms with E-state index in [0.29, 0.717) is 5.75 Å². The smallest absolute Gasteiger partial charge is 0.278 e. The zero-order valence-electron chi connectivity index (χ0n) is 7.68. The molecule has 0 spiro atoms. The summed E-state index contributed by atoms with van der Waals surface area (Å²) in [5, 5.41) is 0. The molecule has 0 aliphatic heterocycles. The van der Waals surface area contributed by atoms with Crippen molar-refractivity contribution < 1.29 is 13.5 Å². The van der Waals surface area contributed by atoms with Crippen molar-refractivity contribution in [1.29, 1.82) is 0 Å². The van der Waals surface area contributed by atoms with Crippen molar-refractivity contribution in [1.82, 2.24) is 0 Å². The van der Waals surface area contributed by atoms with Crippen LogP contribution < -0.4 is 4.74 Å². The third kappa shape index (κ3) is 3.40. The lowest BCUT2D eigenvalue weighted by Gasteiger charge is -2.13. The van der Waals surface area contributed by atoms with Crippen molar-refractivity contribution in [2.24, 2.45) is 0 Å². The standard InChI is InChI=1S/C10H12F2O/c1-8-5-3-4-6-9(8)13-7-10(2,11)12/h3-6H,7H2,1-2H3. The predicted octanol–water partition coefficient (Wildman–Crippen LogP) is 3.03. The van der Waals surface area contributed by atoms with Crippen molar-refractivity contribution in [3.8, 4) is 5.75 Å². The minimum absolute atomic E-state index is 0.518. The number of hydrogen-bond acceptors (Lipinski definition) is 1. The molecule has 1 aromatic carbocycles. The van der Waals surface area contributed by atoms with Crippen LogP contribution in [0.3, 0.4) is 0 Å². The van der Waals surface area contributed by atoms with Gasteiger partial charge in [0, 0.05) is 6.92 Å². The van der Waals surface area contributed by atoms with Gasteiger partial charge < -0.3 is 4.74 Å². The summed E-state index contributed by atoms with van der Waals surface area (Å²) in [6, 6.07) is 7.10. The van der Waals surface area contributed by atoms with E-state index in [4.69, 9.17) is 4.74 Å². The molecular weight excluding hydrogens is 174 g/mol. The summed E-state index contributed by atoms with van der Waals surface area (Å²) in [6.07, 6.45) is 0. The summed E-state index contributed by atoms with van der Waals surface area (Å²) >= 11 is 0. The molecule has 3 heteroatoms. The number of alkyl halides is 2. The third-order valence-corrected chi connectivity index (χ3v) is 1.57. The van der Waals surface area contributed by atoms with E-state index in [-0.39, 0.29) is 0 Å². The zero-order valence-corrected chi connectivity index (χ0v) is 7.68. The quantitative estimate of drug-likeness (QED) is 0.705. The molecule has 13 heavy (non-hydrogen) atoms. The molecule has 0 atom stereocenters. The Balaban J connectivity index is 2.60. The Bertz CT molecular complexity index is 278. The Labute approximate surface area is 76.3 Å². The highest BCUT2D eigenvalue weighted by atomic mass is 19.3. The van der Waals surface area contributed by atoms with Gasteiger partial charge in [0.15, 0.2) is 6.61 Å². The van der Waals surface area contributed by atoms with E-state index in [1.807, 2.05) is 19.1 Å². The fourth-order valence-electron chi connectivity index (χ4n) is 0.923. The fraction of sp³-hybridized carbons (Fsp3) is 0.400. The second kappa shape index (κ2) is 3.73. The maximum atomic E-state index is 12.4. The maximum Gasteiger partial charge on any atom is 0.278 e. The first-order valence-corrected chi connectivity index (χ1v) is 4.05. The van der Waals surface area contributed by atoms with Crippen molar-refractivity contribution in [3.63, 3.8) is 0 Å². The summed E-state index contributed by atoms with van der Waals surface area (Å²) < 4.78 is 29.8. The molecule has 0 aliphatic rings. The fourth-order valence-corrected chi connectivity index (χ4v) is 0.923. The van der Waals surface area contributed by atoms with Crippen LogP contribution in [0.4, 0.5) is 8.78 Å². The molecule has 0 saturated carbocycles. The van der Waals surface area contributed by atoms with Gasteiger partial charge in [0.25, 0.3) is 5.92 Å². The first-order chi connectivity index (χ1) is 5.99. The van der Waals surface area contributed by atoms with E-state index < -0.39 is 12.5 Å². The molecule has 1 nitrogen and oxygen atoms in total. The summed E-state index contributed by atoms with van der Waals surface area (Å²) in [6.45, 7) is 2.09. The van der Waals surface area contributed by atoms with Crippen molar-refractivity contribution in [2.45, 2.75) is 19.8 Å². The van der Waals surface area contributed by atoms with Crippen molar-refractivity contribution >= 4 is 0 Å². The van der Waals surface area contributed by atoms with Crippen LogP contribution in [0.1, 0.15) is 12.5 Å². The van der Waals surface area contributed by atoms with Gasteiger partial charge in [-0.15, -0.1) is 0 Å². The molecular formula is C10H12F2O. The second-order valence-corrected chi connectivity index (χ2v) is 3.12. The van der Waals surface area contributed by atoms with Gasteiger partial charge in [-0.05, 0) is 18.6 Å². The first-order valence-electron chi connectivity index (χ1n) is 4.05. The molecule has 0 N–H and O–H groups in total. The average molecular weight is 186 g/mol. The normalized spacial score (nSPS) is 11.4. The van der Waals surface area contributed by atoms with Crippen LogP contribution in [-0.2, 0) is 0 Å². The zero-order chi connectivity index (χ0) is 9.90. The largest absolute Gasteiger partial charge is 0.487 e. The van der Waals surface area contributed by atoms with E-state index in [9.17, 15) is 8.78 Å². The monoisotopic (exact) mass is 186 g/mol. The molecule has 0 fully saturated rings. The van der Waals surface area contributed by atoms with E-state index in [0.717, 1.165) is 12.5 Å². The summed E-state index contributed by atoms with van der Waals surface area (Å²) in [5.74, 6) is -2.26. The van der Waals surface area contributed by atoms with Gasteiger partial charge in [-0.3, -0.25) is 0 Å². The highest BCUT2D eigenvalue weighted by Gasteiger charge is 2.22. The molecule has 0 heterocycles. The van der Waals surface area contributed by atoms with Crippen LogP contribution in [-0.4, -0.2) is 12.5 Å². The molecule has 1 rings (SSSR count). The number of para-hydroxylation sites is 1. The molecule has 0 amide bonds.